The number of aromatic amines is 1. The molecule has 0 radical (unpaired) electrons. The zero-order valence-corrected chi connectivity index (χ0v) is 18.1. The number of ketones is 1. The number of H-pyrrole nitrogens is 1. The van der Waals surface area contributed by atoms with Gasteiger partial charge in [-0.1, -0.05) is 61.2 Å². The first-order valence-corrected chi connectivity index (χ1v) is 11.4. The van der Waals surface area contributed by atoms with E-state index in [2.05, 4.69) is 33.8 Å². The van der Waals surface area contributed by atoms with E-state index in [1.54, 1.807) is 0 Å². The molecule has 0 amide bonds. The molecule has 2 aromatic carbocycles. The summed E-state index contributed by atoms with van der Waals surface area (Å²) in [7, 11) is 2.02. The molecule has 0 bridgehead atoms. The van der Waals surface area contributed by atoms with Gasteiger partial charge in [-0.25, -0.2) is 0 Å². The molecule has 1 saturated carbocycles. The molecule has 0 saturated heterocycles. The summed E-state index contributed by atoms with van der Waals surface area (Å²) in [5, 5.41) is 8.54. The van der Waals surface area contributed by atoms with Crippen LogP contribution in [0.3, 0.4) is 0 Å². The van der Waals surface area contributed by atoms with Crippen LogP contribution in [0.5, 0.6) is 0 Å². The van der Waals surface area contributed by atoms with Crippen molar-refractivity contribution >= 4 is 28.3 Å². The molecule has 1 aromatic heterocycles. The molecular weight excluding hydrogens is 394 g/mol. The summed E-state index contributed by atoms with van der Waals surface area (Å²) in [5.41, 5.74) is 4.92. The Hall–Kier alpha value is -2.14. The molecule has 1 fully saturated rings. The zero-order chi connectivity index (χ0) is 20.7. The summed E-state index contributed by atoms with van der Waals surface area (Å²) in [5.74, 6) is 0.671. The number of carbonyl (C=O) groups excluding carboxylic acids is 1. The smallest absolute Gasteiger partial charge is 0.200 e. The Morgan fingerprint density at radius 3 is 2.73 bits per heavy atom. The van der Waals surface area contributed by atoms with E-state index in [1.807, 2.05) is 31.3 Å². The molecule has 0 spiro atoms. The van der Waals surface area contributed by atoms with Crippen molar-refractivity contribution in [2.24, 2.45) is 5.92 Å². The normalized spacial score (nSPS) is 20.4. The lowest BCUT2D eigenvalue weighted by atomic mass is 9.81. The molecule has 156 valence electrons. The van der Waals surface area contributed by atoms with Crippen LogP contribution >= 0.6 is 11.6 Å². The maximum atomic E-state index is 13.3. The van der Waals surface area contributed by atoms with E-state index in [9.17, 15) is 4.79 Å². The third-order valence-electron chi connectivity index (χ3n) is 6.93. The van der Waals surface area contributed by atoms with E-state index in [0.717, 1.165) is 33.6 Å². The van der Waals surface area contributed by atoms with Crippen molar-refractivity contribution in [2.75, 3.05) is 7.05 Å². The monoisotopic (exact) mass is 421 g/mol. The van der Waals surface area contributed by atoms with Gasteiger partial charge >= 0.3 is 0 Å². The average molecular weight is 422 g/mol. The van der Waals surface area contributed by atoms with Crippen molar-refractivity contribution < 1.29 is 4.79 Å². The predicted molar refractivity (Wildman–Crippen MR) is 122 cm³/mol. The van der Waals surface area contributed by atoms with Gasteiger partial charge in [-0.05, 0) is 54.6 Å². The number of fused-ring (bicyclic) bond motifs is 2. The van der Waals surface area contributed by atoms with Crippen LogP contribution in [0, 0.1) is 5.92 Å². The molecular formula is C25H28ClN3O. The number of hydrogen-bond acceptors (Lipinski definition) is 3. The highest BCUT2D eigenvalue weighted by Crippen LogP contribution is 2.40. The molecule has 2 heterocycles. The lowest BCUT2D eigenvalue weighted by molar-refractivity contribution is 0.0944. The van der Waals surface area contributed by atoms with Crippen molar-refractivity contribution in [3.63, 3.8) is 0 Å². The molecule has 3 N–H and O–H groups in total. The fraction of sp³-hybridized carbons (Fsp3) is 0.400. The Morgan fingerprint density at radius 1 is 1.13 bits per heavy atom. The first-order chi connectivity index (χ1) is 14.7. The van der Waals surface area contributed by atoms with Crippen LogP contribution in [0.25, 0.3) is 10.9 Å². The molecule has 2 atom stereocenters. The van der Waals surface area contributed by atoms with Crippen LogP contribution in [-0.2, 0) is 6.54 Å². The first kappa shape index (κ1) is 19.8. The average Bonchev–Trinajstić information content (AvgIpc) is 3.41. The van der Waals surface area contributed by atoms with E-state index in [-0.39, 0.29) is 17.9 Å². The summed E-state index contributed by atoms with van der Waals surface area (Å²) in [6.07, 6.45) is 6.40. The van der Waals surface area contributed by atoms with Gasteiger partial charge in [0, 0.05) is 23.5 Å². The zero-order valence-electron chi connectivity index (χ0n) is 17.3. The van der Waals surface area contributed by atoms with Gasteiger partial charge in [-0.15, -0.1) is 0 Å². The van der Waals surface area contributed by atoms with Gasteiger partial charge in [0.15, 0.2) is 5.78 Å². The fourth-order valence-corrected chi connectivity index (χ4v) is 5.70. The number of Topliss-reactive ketones (excluding diaryl/α,β-unsaturated/α-hetero) is 1. The van der Waals surface area contributed by atoms with Crippen LogP contribution in [0.4, 0.5) is 0 Å². The van der Waals surface area contributed by atoms with Crippen molar-refractivity contribution in [1.29, 1.82) is 0 Å². The standard InChI is InChI=1S/C25H28ClN3O/c1-27-23(15-7-3-2-4-8-15)18-11-12-20-19(22(18)26)13-21(29-20)25(30)24-17-10-6-5-9-16(17)14-28-24/h5-6,9-13,15,23-24,27-29H,2-4,7-8,14H2,1H3. The van der Waals surface area contributed by atoms with Crippen molar-refractivity contribution in [3.05, 3.63) is 69.9 Å². The number of halogens is 1. The number of hydrogen-bond donors (Lipinski definition) is 3. The van der Waals surface area contributed by atoms with E-state index in [4.69, 9.17) is 11.6 Å². The molecule has 3 aromatic rings. The Labute approximate surface area is 182 Å². The largest absolute Gasteiger partial charge is 0.352 e. The van der Waals surface area contributed by atoms with Crippen molar-refractivity contribution in [1.82, 2.24) is 15.6 Å². The SMILES string of the molecule is CNC(c1ccc2[nH]c(C(=O)C3NCc4ccccc43)cc2c1Cl)C1CCCCC1. The van der Waals surface area contributed by atoms with Gasteiger partial charge in [0.1, 0.15) is 0 Å². The minimum Gasteiger partial charge on any atom is -0.352 e. The van der Waals surface area contributed by atoms with Gasteiger partial charge in [-0.2, -0.15) is 0 Å². The molecule has 5 heteroatoms. The maximum Gasteiger partial charge on any atom is 0.200 e. The maximum absolute atomic E-state index is 13.3. The van der Waals surface area contributed by atoms with E-state index in [1.165, 1.54) is 37.7 Å². The molecule has 30 heavy (non-hydrogen) atoms. The third-order valence-corrected chi connectivity index (χ3v) is 7.35. The highest BCUT2D eigenvalue weighted by atomic mass is 35.5. The Balaban J connectivity index is 1.48. The second kappa shape index (κ2) is 8.18. The Morgan fingerprint density at radius 2 is 1.93 bits per heavy atom. The van der Waals surface area contributed by atoms with E-state index < -0.39 is 0 Å². The Bertz CT molecular complexity index is 1080. The molecule has 5 rings (SSSR count). The van der Waals surface area contributed by atoms with E-state index in [0.29, 0.717) is 11.6 Å². The summed E-state index contributed by atoms with van der Waals surface area (Å²) < 4.78 is 0. The van der Waals surface area contributed by atoms with E-state index >= 15 is 0 Å². The molecule has 1 aliphatic heterocycles. The lowest BCUT2D eigenvalue weighted by Crippen LogP contribution is -2.27. The van der Waals surface area contributed by atoms with Crippen LogP contribution in [0.15, 0.2) is 42.5 Å². The van der Waals surface area contributed by atoms with Gasteiger partial charge in [0.2, 0.25) is 0 Å². The highest BCUT2D eigenvalue weighted by molar-refractivity contribution is 6.36. The van der Waals surface area contributed by atoms with Gasteiger partial charge in [0.25, 0.3) is 0 Å². The van der Waals surface area contributed by atoms with Crippen LogP contribution in [0.1, 0.15) is 71.4 Å². The molecule has 2 unspecified atom stereocenters. The van der Waals surface area contributed by atoms with Gasteiger partial charge in [-0.3, -0.25) is 10.1 Å². The number of nitrogens with one attached hydrogen (secondary N) is 3. The minimum absolute atomic E-state index is 0.0613. The predicted octanol–water partition coefficient (Wildman–Crippen LogP) is 5.69. The van der Waals surface area contributed by atoms with Crippen molar-refractivity contribution in [2.45, 2.75) is 50.7 Å². The summed E-state index contributed by atoms with van der Waals surface area (Å²) >= 11 is 6.91. The summed E-state index contributed by atoms with van der Waals surface area (Å²) in [6, 6.07) is 14.2. The number of carbonyl (C=O) groups is 1. The van der Waals surface area contributed by atoms with Crippen molar-refractivity contribution in [3.8, 4) is 0 Å². The van der Waals surface area contributed by atoms with Crippen LogP contribution in [-0.4, -0.2) is 17.8 Å². The molecule has 4 nitrogen and oxygen atoms in total. The van der Waals surface area contributed by atoms with Gasteiger partial charge < -0.3 is 10.3 Å². The Kier molecular flexibility index (Phi) is 5.40. The lowest BCUT2D eigenvalue weighted by Gasteiger charge is -2.31. The second-order valence-electron chi connectivity index (χ2n) is 8.65. The second-order valence-corrected chi connectivity index (χ2v) is 9.03. The third kappa shape index (κ3) is 3.37. The number of rotatable bonds is 5. The number of benzene rings is 2. The topological polar surface area (TPSA) is 56.9 Å². The molecule has 2 aliphatic rings. The fourth-order valence-electron chi connectivity index (χ4n) is 5.36. The molecule has 1 aliphatic carbocycles. The van der Waals surface area contributed by atoms with Crippen LogP contribution in [0.2, 0.25) is 5.02 Å². The van der Waals surface area contributed by atoms with Crippen LogP contribution < -0.4 is 10.6 Å². The first-order valence-electron chi connectivity index (χ1n) is 11.0. The minimum atomic E-state index is -0.306. The van der Waals surface area contributed by atoms with Gasteiger partial charge in [0.05, 0.1) is 16.8 Å². The quantitative estimate of drug-likeness (QED) is 0.464. The number of aromatic nitrogens is 1. The summed E-state index contributed by atoms with van der Waals surface area (Å²) in [4.78, 5) is 16.6. The highest BCUT2D eigenvalue weighted by Gasteiger charge is 2.30. The summed E-state index contributed by atoms with van der Waals surface area (Å²) in [6.45, 7) is 0.725.